The number of likely N-dealkylation sites (N-methyl/N-ethyl adjacent to an activating group) is 1. The number of carboxylic acid groups (broad SMARTS) is 1. The van der Waals surface area contributed by atoms with E-state index in [1.807, 2.05) is 0 Å². The Balaban J connectivity index is 2.91. The standard InChI is InChI=1S/C10H11FN2O3/c1-2-13(6-9(14)15)10(16)7-3-4-12-5-8(7)11/h3-5H,2,6H2,1H3,(H,14,15). The van der Waals surface area contributed by atoms with Crippen molar-refractivity contribution in [1.29, 1.82) is 0 Å². The highest BCUT2D eigenvalue weighted by Crippen LogP contribution is 2.08. The molecule has 5 nitrogen and oxygen atoms in total. The second-order valence-electron chi connectivity index (χ2n) is 3.07. The monoisotopic (exact) mass is 226 g/mol. The number of hydrogen-bond acceptors (Lipinski definition) is 3. The lowest BCUT2D eigenvalue weighted by Crippen LogP contribution is -2.35. The van der Waals surface area contributed by atoms with Crippen LogP contribution in [0.2, 0.25) is 0 Å². The van der Waals surface area contributed by atoms with E-state index in [1.54, 1.807) is 6.92 Å². The van der Waals surface area contributed by atoms with Crippen LogP contribution in [-0.2, 0) is 4.79 Å². The maximum atomic E-state index is 13.2. The van der Waals surface area contributed by atoms with Crippen molar-refractivity contribution in [2.45, 2.75) is 6.92 Å². The van der Waals surface area contributed by atoms with Gasteiger partial charge in [-0.05, 0) is 13.0 Å². The topological polar surface area (TPSA) is 70.5 Å². The predicted octanol–water partition coefficient (Wildman–Crippen LogP) is 0.767. The summed E-state index contributed by atoms with van der Waals surface area (Å²) in [5.74, 6) is -2.54. The fourth-order valence-corrected chi connectivity index (χ4v) is 1.21. The Labute approximate surface area is 91.5 Å². The van der Waals surface area contributed by atoms with E-state index in [0.717, 1.165) is 11.1 Å². The number of hydrogen-bond donors (Lipinski definition) is 1. The van der Waals surface area contributed by atoms with Gasteiger partial charge >= 0.3 is 5.97 Å². The van der Waals surface area contributed by atoms with Gasteiger partial charge in [-0.1, -0.05) is 0 Å². The summed E-state index contributed by atoms with van der Waals surface area (Å²) < 4.78 is 13.2. The van der Waals surface area contributed by atoms with E-state index in [-0.39, 0.29) is 12.1 Å². The van der Waals surface area contributed by atoms with E-state index < -0.39 is 24.2 Å². The molecular weight excluding hydrogens is 215 g/mol. The van der Waals surface area contributed by atoms with Crippen molar-refractivity contribution >= 4 is 11.9 Å². The van der Waals surface area contributed by atoms with Crippen LogP contribution in [0.25, 0.3) is 0 Å². The van der Waals surface area contributed by atoms with Crippen LogP contribution >= 0.6 is 0 Å². The summed E-state index contributed by atoms with van der Waals surface area (Å²) >= 11 is 0. The molecule has 6 heteroatoms. The molecule has 1 heterocycles. The lowest BCUT2D eigenvalue weighted by atomic mass is 10.2. The maximum Gasteiger partial charge on any atom is 0.323 e. The molecule has 0 saturated carbocycles. The summed E-state index contributed by atoms with van der Waals surface area (Å²) in [6.07, 6.45) is 2.20. The van der Waals surface area contributed by atoms with Gasteiger partial charge in [0.05, 0.1) is 11.8 Å². The number of carboxylic acids is 1. The van der Waals surface area contributed by atoms with Gasteiger partial charge in [-0.2, -0.15) is 0 Å². The highest BCUT2D eigenvalue weighted by Gasteiger charge is 2.19. The Kier molecular flexibility index (Phi) is 3.93. The Morgan fingerprint density at radius 1 is 1.56 bits per heavy atom. The van der Waals surface area contributed by atoms with E-state index in [4.69, 9.17) is 5.11 Å². The quantitative estimate of drug-likeness (QED) is 0.823. The van der Waals surface area contributed by atoms with Gasteiger partial charge in [0, 0.05) is 12.7 Å². The molecule has 16 heavy (non-hydrogen) atoms. The van der Waals surface area contributed by atoms with Crippen molar-refractivity contribution in [3.05, 3.63) is 29.8 Å². The number of nitrogens with zero attached hydrogens (tertiary/aromatic N) is 2. The van der Waals surface area contributed by atoms with Crippen molar-refractivity contribution in [3.63, 3.8) is 0 Å². The fourth-order valence-electron chi connectivity index (χ4n) is 1.21. The minimum atomic E-state index is -1.13. The minimum Gasteiger partial charge on any atom is -0.480 e. The molecule has 0 aliphatic rings. The van der Waals surface area contributed by atoms with Crippen LogP contribution < -0.4 is 0 Å². The predicted molar refractivity (Wildman–Crippen MR) is 53.4 cm³/mol. The third-order valence-electron chi connectivity index (χ3n) is 2.00. The summed E-state index contributed by atoms with van der Waals surface area (Å²) in [6.45, 7) is 1.38. The normalized spacial score (nSPS) is 9.88. The summed E-state index contributed by atoms with van der Waals surface area (Å²) in [5.41, 5.74) is -0.168. The number of halogens is 1. The molecule has 0 fully saturated rings. The Morgan fingerprint density at radius 2 is 2.25 bits per heavy atom. The number of aromatic nitrogens is 1. The molecule has 1 rings (SSSR count). The molecule has 1 N–H and O–H groups in total. The largest absolute Gasteiger partial charge is 0.480 e. The first-order chi connectivity index (χ1) is 7.56. The minimum absolute atomic E-state index is 0.168. The molecule has 0 unspecified atom stereocenters. The zero-order valence-corrected chi connectivity index (χ0v) is 8.68. The molecule has 1 aromatic heterocycles. The van der Waals surface area contributed by atoms with E-state index in [9.17, 15) is 14.0 Å². The van der Waals surface area contributed by atoms with Gasteiger partial charge in [0.2, 0.25) is 0 Å². The number of aliphatic carboxylic acids is 1. The molecule has 0 atom stereocenters. The van der Waals surface area contributed by atoms with Crippen LogP contribution in [0, 0.1) is 5.82 Å². The molecular formula is C10H11FN2O3. The highest BCUT2D eigenvalue weighted by atomic mass is 19.1. The first-order valence-corrected chi connectivity index (χ1v) is 4.66. The molecule has 1 amide bonds. The molecule has 0 radical (unpaired) electrons. The van der Waals surface area contributed by atoms with Crippen LogP contribution in [0.5, 0.6) is 0 Å². The molecule has 0 spiro atoms. The number of amides is 1. The lowest BCUT2D eigenvalue weighted by Gasteiger charge is -2.18. The van der Waals surface area contributed by atoms with Crippen molar-refractivity contribution < 1.29 is 19.1 Å². The summed E-state index contributed by atoms with van der Waals surface area (Å²) in [7, 11) is 0. The van der Waals surface area contributed by atoms with Gasteiger partial charge in [-0.15, -0.1) is 0 Å². The molecule has 0 aliphatic heterocycles. The van der Waals surface area contributed by atoms with Crippen LogP contribution in [-0.4, -0.2) is 40.0 Å². The van der Waals surface area contributed by atoms with Gasteiger partial charge in [0.1, 0.15) is 6.54 Å². The number of carbonyl (C=O) groups is 2. The van der Waals surface area contributed by atoms with Crippen molar-refractivity contribution in [3.8, 4) is 0 Å². The third-order valence-corrected chi connectivity index (χ3v) is 2.00. The first-order valence-electron chi connectivity index (χ1n) is 4.66. The SMILES string of the molecule is CCN(CC(=O)O)C(=O)c1ccncc1F. The van der Waals surface area contributed by atoms with Gasteiger partial charge in [-0.3, -0.25) is 14.6 Å². The van der Waals surface area contributed by atoms with E-state index in [1.165, 1.54) is 12.3 Å². The van der Waals surface area contributed by atoms with Gasteiger partial charge in [0.25, 0.3) is 5.91 Å². The summed E-state index contributed by atoms with van der Waals surface area (Å²) in [4.78, 5) is 26.8. The zero-order valence-electron chi connectivity index (χ0n) is 8.68. The number of carbonyl (C=O) groups excluding carboxylic acids is 1. The van der Waals surface area contributed by atoms with E-state index in [0.29, 0.717) is 0 Å². The smallest absolute Gasteiger partial charge is 0.323 e. The molecule has 0 aliphatic carbocycles. The third kappa shape index (κ3) is 2.75. The molecule has 0 bridgehead atoms. The number of rotatable bonds is 4. The average Bonchev–Trinajstić information content (AvgIpc) is 2.25. The molecule has 1 aromatic rings. The van der Waals surface area contributed by atoms with Gasteiger partial charge in [0.15, 0.2) is 5.82 Å². The zero-order chi connectivity index (χ0) is 12.1. The van der Waals surface area contributed by atoms with Crippen molar-refractivity contribution in [1.82, 2.24) is 9.88 Å². The first kappa shape index (κ1) is 12.1. The fraction of sp³-hybridized carbons (Fsp3) is 0.300. The van der Waals surface area contributed by atoms with Gasteiger partial charge < -0.3 is 10.0 Å². The molecule has 0 saturated heterocycles. The highest BCUT2D eigenvalue weighted by molar-refractivity contribution is 5.95. The summed E-state index contributed by atoms with van der Waals surface area (Å²) in [6, 6.07) is 1.22. The van der Waals surface area contributed by atoms with Crippen molar-refractivity contribution in [2.75, 3.05) is 13.1 Å². The van der Waals surface area contributed by atoms with Crippen LogP contribution in [0.3, 0.4) is 0 Å². The second kappa shape index (κ2) is 5.20. The van der Waals surface area contributed by atoms with Crippen molar-refractivity contribution in [2.24, 2.45) is 0 Å². The van der Waals surface area contributed by atoms with Crippen LogP contribution in [0.15, 0.2) is 18.5 Å². The second-order valence-corrected chi connectivity index (χ2v) is 3.07. The number of pyridine rings is 1. The molecule has 86 valence electrons. The Morgan fingerprint density at radius 3 is 2.75 bits per heavy atom. The lowest BCUT2D eigenvalue weighted by molar-refractivity contribution is -0.137. The van der Waals surface area contributed by atoms with E-state index in [2.05, 4.69) is 4.98 Å². The van der Waals surface area contributed by atoms with Gasteiger partial charge in [-0.25, -0.2) is 4.39 Å². The molecule has 0 aromatic carbocycles. The van der Waals surface area contributed by atoms with E-state index >= 15 is 0 Å². The van der Waals surface area contributed by atoms with Crippen LogP contribution in [0.4, 0.5) is 4.39 Å². The summed E-state index contributed by atoms with van der Waals surface area (Å²) in [5, 5.41) is 8.58. The Bertz CT molecular complexity index is 409. The van der Waals surface area contributed by atoms with Crippen LogP contribution in [0.1, 0.15) is 17.3 Å². The maximum absolute atomic E-state index is 13.2. The Hall–Kier alpha value is -1.98. The average molecular weight is 226 g/mol.